The zero-order valence-electron chi connectivity index (χ0n) is 12.9. The van der Waals surface area contributed by atoms with Gasteiger partial charge in [-0.1, -0.05) is 0 Å². The second-order valence-electron chi connectivity index (χ2n) is 5.14. The molecule has 0 N–H and O–H groups in total. The van der Waals surface area contributed by atoms with E-state index in [0.717, 1.165) is 17.3 Å². The molecule has 4 nitrogen and oxygen atoms in total. The lowest BCUT2D eigenvalue weighted by atomic mass is 10.1. The lowest BCUT2D eigenvalue weighted by molar-refractivity contribution is 0.585. The minimum atomic E-state index is -0.683. The molecule has 1 aromatic carbocycles. The van der Waals surface area contributed by atoms with Gasteiger partial charge in [0, 0.05) is 35.3 Å². The maximum atomic E-state index is 13.9. The minimum Gasteiger partial charge on any atom is -0.272 e. The SMILES string of the molecule is Cc1c(/C=C(\C#N)c2nc(-c3ccc(F)cc3F)cs2)cnn1C. The van der Waals surface area contributed by atoms with Crippen molar-refractivity contribution in [2.45, 2.75) is 6.92 Å². The lowest BCUT2D eigenvalue weighted by Crippen LogP contribution is -1.92. The minimum absolute atomic E-state index is 0.203. The van der Waals surface area contributed by atoms with Crippen LogP contribution in [0.15, 0.2) is 29.8 Å². The number of aromatic nitrogens is 3. The molecule has 0 radical (unpaired) electrons. The molecule has 120 valence electrons. The van der Waals surface area contributed by atoms with Crippen molar-refractivity contribution in [3.8, 4) is 17.3 Å². The quantitative estimate of drug-likeness (QED) is 0.671. The van der Waals surface area contributed by atoms with E-state index in [1.807, 2.05) is 14.0 Å². The number of nitrogens with zero attached hydrogens (tertiary/aromatic N) is 4. The second-order valence-corrected chi connectivity index (χ2v) is 6.00. The van der Waals surface area contributed by atoms with Gasteiger partial charge in [0.15, 0.2) is 0 Å². The molecular formula is C17H12F2N4S. The number of aryl methyl sites for hydroxylation is 1. The van der Waals surface area contributed by atoms with Crippen LogP contribution in [0.5, 0.6) is 0 Å². The van der Waals surface area contributed by atoms with Crippen molar-refractivity contribution in [3.05, 3.63) is 57.7 Å². The summed E-state index contributed by atoms with van der Waals surface area (Å²) in [6.07, 6.45) is 3.37. The van der Waals surface area contributed by atoms with E-state index in [1.54, 1.807) is 22.3 Å². The zero-order chi connectivity index (χ0) is 17.3. The highest BCUT2D eigenvalue weighted by atomic mass is 32.1. The number of allylic oxidation sites excluding steroid dienone is 1. The molecule has 3 aromatic rings. The fourth-order valence-electron chi connectivity index (χ4n) is 2.17. The van der Waals surface area contributed by atoms with Gasteiger partial charge in [-0.3, -0.25) is 4.68 Å². The first-order valence-electron chi connectivity index (χ1n) is 7.01. The Morgan fingerprint density at radius 3 is 2.79 bits per heavy atom. The van der Waals surface area contributed by atoms with Gasteiger partial charge in [0.25, 0.3) is 0 Å². The highest BCUT2D eigenvalue weighted by Gasteiger charge is 2.13. The van der Waals surface area contributed by atoms with Crippen molar-refractivity contribution < 1.29 is 8.78 Å². The highest BCUT2D eigenvalue weighted by Crippen LogP contribution is 2.29. The molecule has 0 atom stereocenters. The molecule has 0 aliphatic carbocycles. The first-order valence-corrected chi connectivity index (χ1v) is 7.89. The highest BCUT2D eigenvalue weighted by molar-refractivity contribution is 7.11. The van der Waals surface area contributed by atoms with Crippen LogP contribution in [0.3, 0.4) is 0 Å². The van der Waals surface area contributed by atoms with E-state index in [0.29, 0.717) is 16.3 Å². The van der Waals surface area contributed by atoms with Crippen molar-refractivity contribution in [2.75, 3.05) is 0 Å². The molecule has 0 bridgehead atoms. The molecule has 3 rings (SSSR count). The van der Waals surface area contributed by atoms with E-state index in [4.69, 9.17) is 0 Å². The molecule has 24 heavy (non-hydrogen) atoms. The normalized spacial score (nSPS) is 11.5. The molecule has 0 saturated carbocycles. The Hall–Kier alpha value is -2.85. The van der Waals surface area contributed by atoms with Gasteiger partial charge in [-0.25, -0.2) is 13.8 Å². The average Bonchev–Trinajstić information content (AvgIpc) is 3.14. The van der Waals surface area contributed by atoms with Crippen LogP contribution in [0, 0.1) is 29.9 Å². The summed E-state index contributed by atoms with van der Waals surface area (Å²) in [5.41, 5.74) is 2.68. The molecular weight excluding hydrogens is 330 g/mol. The van der Waals surface area contributed by atoms with Crippen LogP contribution in [-0.4, -0.2) is 14.8 Å². The Morgan fingerprint density at radius 2 is 2.17 bits per heavy atom. The first kappa shape index (κ1) is 16.0. The van der Waals surface area contributed by atoms with Crippen LogP contribution >= 0.6 is 11.3 Å². The van der Waals surface area contributed by atoms with Crippen LogP contribution in [0.1, 0.15) is 16.3 Å². The molecule has 0 amide bonds. The Labute approximate surface area is 141 Å². The number of hydrogen-bond acceptors (Lipinski definition) is 4. The summed E-state index contributed by atoms with van der Waals surface area (Å²) in [4.78, 5) is 4.31. The lowest BCUT2D eigenvalue weighted by Gasteiger charge is -1.99. The largest absolute Gasteiger partial charge is 0.272 e. The molecule has 2 heterocycles. The second kappa shape index (κ2) is 6.34. The first-order chi connectivity index (χ1) is 11.5. The summed E-state index contributed by atoms with van der Waals surface area (Å²) in [5, 5.41) is 15.7. The Bertz CT molecular complexity index is 979. The Kier molecular flexibility index (Phi) is 4.23. The predicted molar refractivity (Wildman–Crippen MR) is 88.9 cm³/mol. The van der Waals surface area contributed by atoms with Gasteiger partial charge in [-0.2, -0.15) is 10.4 Å². The van der Waals surface area contributed by atoms with Crippen molar-refractivity contribution in [1.82, 2.24) is 14.8 Å². The molecule has 0 saturated heterocycles. The van der Waals surface area contributed by atoms with E-state index in [2.05, 4.69) is 16.2 Å². The zero-order valence-corrected chi connectivity index (χ0v) is 13.7. The number of benzene rings is 1. The molecule has 0 aliphatic heterocycles. The van der Waals surface area contributed by atoms with Gasteiger partial charge < -0.3 is 0 Å². The van der Waals surface area contributed by atoms with E-state index in [-0.39, 0.29) is 5.56 Å². The Morgan fingerprint density at radius 1 is 1.38 bits per heavy atom. The monoisotopic (exact) mass is 342 g/mol. The van der Waals surface area contributed by atoms with Gasteiger partial charge in [-0.05, 0) is 25.1 Å². The molecule has 0 unspecified atom stereocenters. The van der Waals surface area contributed by atoms with Crippen LogP contribution in [0.2, 0.25) is 0 Å². The van der Waals surface area contributed by atoms with Crippen LogP contribution in [0.25, 0.3) is 22.9 Å². The van der Waals surface area contributed by atoms with Gasteiger partial charge in [0.05, 0.1) is 17.5 Å². The third-order valence-corrected chi connectivity index (χ3v) is 4.51. The summed E-state index contributed by atoms with van der Waals surface area (Å²) in [5.74, 6) is -1.33. The third-order valence-electron chi connectivity index (χ3n) is 3.64. The standard InChI is InChI=1S/C17H12F2N4S/c1-10-12(8-21-23(10)2)5-11(7-20)17-22-16(9-24-17)14-4-3-13(18)6-15(14)19/h3-6,8-9H,1-2H3/b11-5+. The van der Waals surface area contributed by atoms with Crippen LogP contribution < -0.4 is 0 Å². The Balaban J connectivity index is 1.99. The summed E-state index contributed by atoms with van der Waals surface area (Å²) < 4.78 is 28.6. The molecule has 7 heteroatoms. The van der Waals surface area contributed by atoms with Crippen LogP contribution in [-0.2, 0) is 7.05 Å². The smallest absolute Gasteiger partial charge is 0.135 e. The van der Waals surface area contributed by atoms with Gasteiger partial charge in [0.1, 0.15) is 22.7 Å². The summed E-state index contributed by atoms with van der Waals surface area (Å²) in [6, 6.07) is 5.44. The number of nitriles is 1. The summed E-state index contributed by atoms with van der Waals surface area (Å²) in [7, 11) is 1.82. The van der Waals surface area contributed by atoms with Crippen molar-refractivity contribution >= 4 is 23.0 Å². The molecule has 0 fully saturated rings. The fraction of sp³-hybridized carbons (Fsp3) is 0.118. The fourth-order valence-corrected chi connectivity index (χ4v) is 2.96. The van der Waals surface area contributed by atoms with E-state index >= 15 is 0 Å². The maximum Gasteiger partial charge on any atom is 0.135 e. The van der Waals surface area contributed by atoms with E-state index in [1.165, 1.54) is 23.5 Å². The number of thiazole rings is 1. The third kappa shape index (κ3) is 2.96. The van der Waals surface area contributed by atoms with Crippen LogP contribution in [0.4, 0.5) is 8.78 Å². The van der Waals surface area contributed by atoms with Gasteiger partial charge >= 0.3 is 0 Å². The van der Waals surface area contributed by atoms with E-state index < -0.39 is 11.6 Å². The maximum absolute atomic E-state index is 13.9. The van der Waals surface area contributed by atoms with Crippen molar-refractivity contribution in [3.63, 3.8) is 0 Å². The molecule has 0 spiro atoms. The molecule has 2 aromatic heterocycles. The molecule has 0 aliphatic rings. The number of hydrogen-bond donors (Lipinski definition) is 0. The summed E-state index contributed by atoms with van der Waals surface area (Å²) >= 11 is 1.23. The van der Waals surface area contributed by atoms with E-state index in [9.17, 15) is 14.0 Å². The average molecular weight is 342 g/mol. The summed E-state index contributed by atoms with van der Waals surface area (Å²) in [6.45, 7) is 1.90. The topological polar surface area (TPSA) is 54.5 Å². The van der Waals surface area contributed by atoms with Gasteiger partial charge in [0.2, 0.25) is 0 Å². The number of rotatable bonds is 3. The van der Waals surface area contributed by atoms with Gasteiger partial charge in [-0.15, -0.1) is 11.3 Å². The van der Waals surface area contributed by atoms with Crippen molar-refractivity contribution in [2.24, 2.45) is 7.05 Å². The number of halogens is 2. The predicted octanol–water partition coefficient (Wildman–Crippen LogP) is 4.19. The van der Waals surface area contributed by atoms with Crippen molar-refractivity contribution in [1.29, 1.82) is 5.26 Å².